The van der Waals surface area contributed by atoms with E-state index in [0.717, 1.165) is 25.5 Å². The van der Waals surface area contributed by atoms with Crippen molar-refractivity contribution in [2.75, 3.05) is 12.0 Å². The Balaban J connectivity index is 1.97. The molecular weight excluding hydrogens is 401 g/mol. The van der Waals surface area contributed by atoms with Gasteiger partial charge in [0.05, 0.1) is 23.2 Å². The number of hydrogen-bond acceptors (Lipinski definition) is 5. The first-order chi connectivity index (χ1) is 12.8. The lowest BCUT2D eigenvalue weighted by Crippen LogP contribution is -2.47. The van der Waals surface area contributed by atoms with Crippen molar-refractivity contribution in [3.8, 4) is 16.9 Å². The van der Waals surface area contributed by atoms with E-state index in [0.29, 0.717) is 11.3 Å². The van der Waals surface area contributed by atoms with E-state index in [9.17, 15) is 9.18 Å². The summed E-state index contributed by atoms with van der Waals surface area (Å²) in [6.45, 7) is 4.02. The van der Waals surface area contributed by atoms with Crippen LogP contribution in [0.5, 0.6) is 5.75 Å². The summed E-state index contributed by atoms with van der Waals surface area (Å²) in [5.74, 6) is 0.101. The summed E-state index contributed by atoms with van der Waals surface area (Å²) in [5.41, 5.74) is 2.52. The molecule has 3 nitrogen and oxygen atoms in total. The monoisotopic (exact) mass is 417 g/mol. The Kier molecular flexibility index (Phi) is 4.41. The van der Waals surface area contributed by atoms with Gasteiger partial charge in [0.2, 0.25) is 0 Å². The molecular formula is C20H16FNO2S3. The fraction of sp³-hybridized carbons (Fsp3) is 0.200. The fourth-order valence-corrected chi connectivity index (χ4v) is 6.70. The topological polar surface area (TPSA) is 29.5 Å². The standard InChI is InChI=1S/C20H16FNO2S3/c1-20(2)17-16(19(25)27-26-17)14-9-8-13(24-3)10-15(14)22(20)18(23)11-4-6-12(21)7-5-11/h4-10H,1-3H3. The van der Waals surface area contributed by atoms with Crippen LogP contribution in [0.2, 0.25) is 0 Å². The number of fused-ring (bicyclic) bond motifs is 3. The maximum atomic E-state index is 13.5. The van der Waals surface area contributed by atoms with Gasteiger partial charge in [-0.05, 0) is 50.2 Å². The van der Waals surface area contributed by atoms with Crippen molar-refractivity contribution in [1.82, 2.24) is 0 Å². The van der Waals surface area contributed by atoms with Crippen molar-refractivity contribution in [3.63, 3.8) is 0 Å². The van der Waals surface area contributed by atoms with E-state index >= 15 is 0 Å². The molecule has 2 aromatic carbocycles. The molecule has 1 aromatic heterocycles. The average molecular weight is 418 g/mol. The van der Waals surface area contributed by atoms with E-state index in [1.54, 1.807) is 32.7 Å². The van der Waals surface area contributed by atoms with Gasteiger partial charge in [-0.25, -0.2) is 4.39 Å². The van der Waals surface area contributed by atoms with Gasteiger partial charge >= 0.3 is 0 Å². The molecule has 4 rings (SSSR count). The number of anilines is 1. The molecule has 0 atom stereocenters. The number of carbonyl (C=O) groups is 1. The highest BCUT2D eigenvalue weighted by atomic mass is 32.9. The predicted octanol–water partition coefficient (Wildman–Crippen LogP) is 6.25. The Morgan fingerprint density at radius 3 is 2.52 bits per heavy atom. The van der Waals surface area contributed by atoms with E-state index in [-0.39, 0.29) is 11.7 Å². The minimum Gasteiger partial charge on any atom is -0.497 e. The second-order valence-electron chi connectivity index (χ2n) is 6.75. The summed E-state index contributed by atoms with van der Waals surface area (Å²) >= 11 is 5.58. The van der Waals surface area contributed by atoms with Crippen LogP contribution in [0.1, 0.15) is 29.1 Å². The molecule has 7 heteroatoms. The zero-order chi connectivity index (χ0) is 19.3. The van der Waals surface area contributed by atoms with Gasteiger partial charge in [-0.15, -0.1) is 0 Å². The van der Waals surface area contributed by atoms with Crippen LogP contribution in [0.4, 0.5) is 10.1 Å². The quantitative estimate of drug-likeness (QED) is 0.365. The Hall–Kier alpha value is -2.09. The summed E-state index contributed by atoms with van der Waals surface area (Å²) in [6, 6.07) is 11.3. The number of carbonyl (C=O) groups excluding carboxylic acids is 1. The smallest absolute Gasteiger partial charge is 0.259 e. The van der Waals surface area contributed by atoms with Gasteiger partial charge in [-0.3, -0.25) is 9.69 Å². The number of amides is 1. The predicted molar refractivity (Wildman–Crippen MR) is 111 cm³/mol. The Bertz CT molecular complexity index is 1100. The van der Waals surface area contributed by atoms with Crippen LogP contribution < -0.4 is 9.64 Å². The highest BCUT2D eigenvalue weighted by molar-refractivity contribution is 7.80. The van der Waals surface area contributed by atoms with Crippen LogP contribution >= 0.6 is 32.9 Å². The Labute approximate surface area is 169 Å². The summed E-state index contributed by atoms with van der Waals surface area (Å²) in [4.78, 5) is 16.3. The first-order valence-corrected chi connectivity index (χ1v) is 10.8. The van der Waals surface area contributed by atoms with E-state index in [1.807, 2.05) is 32.0 Å². The maximum Gasteiger partial charge on any atom is 0.259 e. The second kappa shape index (κ2) is 6.51. The molecule has 27 heavy (non-hydrogen) atoms. The minimum atomic E-state index is -0.599. The summed E-state index contributed by atoms with van der Waals surface area (Å²) in [5, 5.41) is 0. The molecule has 0 saturated carbocycles. The molecule has 0 fully saturated rings. The zero-order valence-electron chi connectivity index (χ0n) is 14.9. The second-order valence-corrected chi connectivity index (χ2v) is 9.56. The summed E-state index contributed by atoms with van der Waals surface area (Å²) in [6.07, 6.45) is 0. The van der Waals surface area contributed by atoms with Crippen LogP contribution in [0.15, 0.2) is 42.5 Å². The lowest BCUT2D eigenvalue weighted by Gasteiger charge is -2.43. The number of benzene rings is 2. The molecule has 0 radical (unpaired) electrons. The molecule has 2 heterocycles. The first kappa shape index (κ1) is 18.3. The van der Waals surface area contributed by atoms with Gasteiger partial charge in [0.15, 0.2) is 0 Å². The van der Waals surface area contributed by atoms with Crippen molar-refractivity contribution in [2.45, 2.75) is 19.4 Å². The van der Waals surface area contributed by atoms with Gasteiger partial charge in [-0.1, -0.05) is 32.9 Å². The number of halogens is 1. The molecule has 0 spiro atoms. The molecule has 0 saturated heterocycles. The maximum absolute atomic E-state index is 13.5. The zero-order valence-corrected chi connectivity index (χ0v) is 17.4. The van der Waals surface area contributed by atoms with Crippen LogP contribution in [-0.2, 0) is 5.54 Å². The molecule has 1 aliphatic rings. The normalized spacial score (nSPS) is 14.4. The SMILES string of the molecule is COc1ccc2c(c1)N(C(=O)c1ccc(F)cc1)C(C)(C)c1ssc(=S)c1-2. The van der Waals surface area contributed by atoms with Crippen molar-refractivity contribution in [2.24, 2.45) is 0 Å². The molecule has 0 bridgehead atoms. The number of rotatable bonds is 2. The van der Waals surface area contributed by atoms with E-state index in [1.165, 1.54) is 24.3 Å². The molecule has 1 amide bonds. The molecule has 0 aliphatic carbocycles. The third-order valence-corrected chi connectivity index (χ3v) is 8.09. The largest absolute Gasteiger partial charge is 0.497 e. The van der Waals surface area contributed by atoms with E-state index in [4.69, 9.17) is 17.0 Å². The summed E-state index contributed by atoms with van der Waals surface area (Å²) in [7, 11) is 4.74. The van der Waals surface area contributed by atoms with Crippen molar-refractivity contribution >= 4 is 44.5 Å². The first-order valence-electron chi connectivity index (χ1n) is 8.26. The number of ether oxygens (including phenoxy) is 1. The summed E-state index contributed by atoms with van der Waals surface area (Å²) < 4.78 is 19.5. The van der Waals surface area contributed by atoms with Crippen LogP contribution in [0.3, 0.4) is 0 Å². The number of nitrogens with zero attached hydrogens (tertiary/aromatic N) is 1. The van der Waals surface area contributed by atoms with Gasteiger partial charge < -0.3 is 4.74 Å². The Morgan fingerprint density at radius 1 is 1.15 bits per heavy atom. The third-order valence-electron chi connectivity index (χ3n) is 4.76. The van der Waals surface area contributed by atoms with Crippen LogP contribution in [0, 0.1) is 9.64 Å². The van der Waals surface area contributed by atoms with Gasteiger partial charge in [0.1, 0.15) is 15.4 Å². The third kappa shape index (κ3) is 2.81. The van der Waals surface area contributed by atoms with Crippen molar-refractivity contribution in [1.29, 1.82) is 0 Å². The molecule has 0 N–H and O–H groups in total. The lowest BCUT2D eigenvalue weighted by molar-refractivity contribution is 0.0961. The van der Waals surface area contributed by atoms with Gasteiger partial charge in [0.25, 0.3) is 5.91 Å². The van der Waals surface area contributed by atoms with Crippen molar-refractivity contribution in [3.05, 3.63) is 62.5 Å². The highest BCUT2D eigenvalue weighted by Gasteiger charge is 2.43. The molecule has 0 unspecified atom stereocenters. The number of hydrogen-bond donors (Lipinski definition) is 0. The number of methoxy groups -OCH3 is 1. The fourth-order valence-electron chi connectivity index (χ4n) is 3.42. The minimum absolute atomic E-state index is 0.190. The molecule has 138 valence electrons. The van der Waals surface area contributed by atoms with Crippen LogP contribution in [0.25, 0.3) is 11.1 Å². The molecule has 3 aromatic rings. The Morgan fingerprint density at radius 2 is 1.85 bits per heavy atom. The van der Waals surface area contributed by atoms with Gasteiger partial charge in [-0.2, -0.15) is 0 Å². The van der Waals surface area contributed by atoms with E-state index < -0.39 is 5.54 Å². The van der Waals surface area contributed by atoms with Crippen LogP contribution in [-0.4, -0.2) is 13.0 Å². The van der Waals surface area contributed by atoms with E-state index in [2.05, 4.69) is 0 Å². The average Bonchev–Trinajstić information content (AvgIpc) is 3.04. The highest BCUT2D eigenvalue weighted by Crippen LogP contribution is 2.53. The van der Waals surface area contributed by atoms with Crippen molar-refractivity contribution < 1.29 is 13.9 Å². The molecule has 1 aliphatic heterocycles. The van der Waals surface area contributed by atoms with Gasteiger partial charge in [0, 0.05) is 22.8 Å². The lowest BCUT2D eigenvalue weighted by atomic mass is 9.86.